The number of aromatic hydroxyl groups is 1. The fourth-order valence-electron chi connectivity index (χ4n) is 0.986. The van der Waals surface area contributed by atoms with Gasteiger partial charge in [0.05, 0.1) is 11.1 Å². The van der Waals surface area contributed by atoms with Gasteiger partial charge in [-0.25, -0.2) is 4.79 Å². The first kappa shape index (κ1) is 10.0. The van der Waals surface area contributed by atoms with Crippen molar-refractivity contribution < 1.29 is 19.8 Å². The predicted octanol–water partition coefficient (Wildman–Crippen LogP) is 0.450. The summed E-state index contributed by atoms with van der Waals surface area (Å²) in [5.74, 6) is -1.91. The van der Waals surface area contributed by atoms with E-state index in [1.807, 2.05) is 0 Å². The zero-order valence-corrected chi connectivity index (χ0v) is 7.44. The molecular formula is C9H9NO4. The highest BCUT2D eigenvalue weighted by molar-refractivity contribution is 5.99. The number of carboxylic acids is 1. The van der Waals surface area contributed by atoms with Gasteiger partial charge in [0, 0.05) is 7.05 Å². The maximum atomic E-state index is 11.1. The standard InChI is InChI=1S/C9H9NO4/c1-10-8(12)6-4-5(9(13)14)2-3-7(6)11/h2-4,11H,1H3,(H,10,12)(H,13,14). The van der Waals surface area contributed by atoms with Crippen molar-refractivity contribution in [1.29, 1.82) is 0 Å². The number of hydrogen-bond acceptors (Lipinski definition) is 3. The fourth-order valence-corrected chi connectivity index (χ4v) is 0.986. The van der Waals surface area contributed by atoms with Gasteiger partial charge in [0.2, 0.25) is 0 Å². The van der Waals surface area contributed by atoms with Gasteiger partial charge in [-0.1, -0.05) is 0 Å². The molecule has 0 bridgehead atoms. The lowest BCUT2D eigenvalue weighted by molar-refractivity contribution is 0.0697. The number of nitrogens with one attached hydrogen (secondary N) is 1. The zero-order chi connectivity index (χ0) is 10.7. The fraction of sp³-hybridized carbons (Fsp3) is 0.111. The Morgan fingerprint density at radius 2 is 2.00 bits per heavy atom. The van der Waals surface area contributed by atoms with E-state index in [9.17, 15) is 14.7 Å². The Morgan fingerprint density at radius 3 is 2.50 bits per heavy atom. The largest absolute Gasteiger partial charge is 0.507 e. The number of benzene rings is 1. The number of phenolic OH excluding ortho intramolecular Hbond substituents is 1. The Morgan fingerprint density at radius 1 is 1.36 bits per heavy atom. The summed E-state index contributed by atoms with van der Waals surface area (Å²) in [5.41, 5.74) is -0.0891. The summed E-state index contributed by atoms with van der Waals surface area (Å²) in [5, 5.41) is 20.2. The topological polar surface area (TPSA) is 86.6 Å². The maximum Gasteiger partial charge on any atom is 0.335 e. The smallest absolute Gasteiger partial charge is 0.335 e. The second-order valence-electron chi connectivity index (χ2n) is 2.62. The van der Waals surface area contributed by atoms with Crippen LogP contribution in [0, 0.1) is 0 Å². The number of hydrogen-bond donors (Lipinski definition) is 3. The second kappa shape index (κ2) is 3.78. The van der Waals surface area contributed by atoms with Crippen LogP contribution in [0.3, 0.4) is 0 Å². The average Bonchev–Trinajstić information content (AvgIpc) is 2.17. The van der Waals surface area contributed by atoms with E-state index in [1.165, 1.54) is 19.2 Å². The molecule has 5 nitrogen and oxygen atoms in total. The van der Waals surface area contributed by atoms with E-state index in [0.29, 0.717) is 0 Å². The third kappa shape index (κ3) is 1.82. The molecule has 5 heteroatoms. The molecule has 3 N–H and O–H groups in total. The van der Waals surface area contributed by atoms with Crippen molar-refractivity contribution in [3.05, 3.63) is 29.3 Å². The molecule has 0 atom stereocenters. The van der Waals surface area contributed by atoms with Crippen LogP contribution in [-0.2, 0) is 0 Å². The Labute approximate surface area is 80.0 Å². The Balaban J connectivity index is 3.21. The molecule has 0 aliphatic rings. The molecule has 0 saturated carbocycles. The summed E-state index contributed by atoms with van der Waals surface area (Å²) in [6.07, 6.45) is 0. The monoisotopic (exact) mass is 195 g/mol. The van der Waals surface area contributed by atoms with Crippen molar-refractivity contribution in [2.75, 3.05) is 7.05 Å². The summed E-state index contributed by atoms with van der Waals surface area (Å²) < 4.78 is 0. The normalized spacial score (nSPS) is 9.50. The number of rotatable bonds is 2. The minimum atomic E-state index is -1.14. The molecule has 0 aliphatic carbocycles. The number of carbonyl (C=O) groups is 2. The molecule has 0 spiro atoms. The van der Waals surface area contributed by atoms with E-state index in [1.54, 1.807) is 0 Å². The van der Waals surface area contributed by atoms with Gasteiger partial charge < -0.3 is 15.5 Å². The molecule has 0 heterocycles. The van der Waals surface area contributed by atoms with Crippen LogP contribution in [0.5, 0.6) is 5.75 Å². The lowest BCUT2D eigenvalue weighted by Gasteiger charge is -2.03. The number of phenols is 1. The highest BCUT2D eigenvalue weighted by Crippen LogP contribution is 2.18. The quantitative estimate of drug-likeness (QED) is 0.639. The van der Waals surface area contributed by atoms with Crippen LogP contribution in [0.25, 0.3) is 0 Å². The SMILES string of the molecule is CNC(=O)c1cc(C(=O)O)ccc1O. The van der Waals surface area contributed by atoms with Crippen LogP contribution in [-0.4, -0.2) is 29.1 Å². The molecule has 14 heavy (non-hydrogen) atoms. The molecular weight excluding hydrogens is 186 g/mol. The molecule has 1 rings (SSSR count). The third-order valence-electron chi connectivity index (χ3n) is 1.72. The summed E-state index contributed by atoms with van der Waals surface area (Å²) in [7, 11) is 1.40. The molecule has 1 amide bonds. The minimum absolute atomic E-state index is 0.0404. The molecule has 1 aromatic rings. The van der Waals surface area contributed by atoms with Crippen molar-refractivity contribution in [2.45, 2.75) is 0 Å². The first-order valence-corrected chi connectivity index (χ1v) is 3.84. The van der Waals surface area contributed by atoms with Gasteiger partial charge >= 0.3 is 5.97 Å². The van der Waals surface area contributed by atoms with E-state index >= 15 is 0 Å². The molecule has 0 radical (unpaired) electrons. The lowest BCUT2D eigenvalue weighted by atomic mass is 10.1. The number of aromatic carboxylic acids is 1. The molecule has 0 unspecified atom stereocenters. The van der Waals surface area contributed by atoms with Crippen LogP contribution < -0.4 is 5.32 Å². The van der Waals surface area contributed by atoms with Crippen LogP contribution >= 0.6 is 0 Å². The maximum absolute atomic E-state index is 11.1. The van der Waals surface area contributed by atoms with Gasteiger partial charge in [0.1, 0.15) is 5.75 Å². The summed E-state index contributed by atoms with van der Waals surface area (Å²) in [6.45, 7) is 0. The number of carboxylic acid groups (broad SMARTS) is 1. The van der Waals surface area contributed by atoms with Gasteiger partial charge in [-0.2, -0.15) is 0 Å². The predicted molar refractivity (Wildman–Crippen MR) is 48.5 cm³/mol. The van der Waals surface area contributed by atoms with E-state index in [2.05, 4.69) is 5.32 Å². The molecule has 0 aromatic heterocycles. The summed E-state index contributed by atoms with van der Waals surface area (Å²) in [4.78, 5) is 21.7. The van der Waals surface area contributed by atoms with Crippen LogP contribution in [0.1, 0.15) is 20.7 Å². The van der Waals surface area contributed by atoms with E-state index in [4.69, 9.17) is 5.11 Å². The lowest BCUT2D eigenvalue weighted by Crippen LogP contribution is -2.18. The van der Waals surface area contributed by atoms with Crippen molar-refractivity contribution in [1.82, 2.24) is 5.32 Å². The molecule has 1 aromatic carbocycles. The van der Waals surface area contributed by atoms with Crippen molar-refractivity contribution in [2.24, 2.45) is 0 Å². The number of carbonyl (C=O) groups excluding carboxylic acids is 1. The van der Waals surface area contributed by atoms with Crippen LogP contribution in [0.15, 0.2) is 18.2 Å². The van der Waals surface area contributed by atoms with Crippen LogP contribution in [0.4, 0.5) is 0 Å². The first-order valence-electron chi connectivity index (χ1n) is 3.84. The van der Waals surface area contributed by atoms with Crippen molar-refractivity contribution in [3.63, 3.8) is 0 Å². The average molecular weight is 195 g/mol. The molecule has 0 fully saturated rings. The zero-order valence-electron chi connectivity index (χ0n) is 7.44. The van der Waals surface area contributed by atoms with Gasteiger partial charge in [0.25, 0.3) is 5.91 Å². The molecule has 0 aliphatic heterocycles. The van der Waals surface area contributed by atoms with Gasteiger partial charge in [0.15, 0.2) is 0 Å². The Bertz CT molecular complexity index is 386. The van der Waals surface area contributed by atoms with E-state index in [0.717, 1.165) is 6.07 Å². The first-order chi connectivity index (χ1) is 6.56. The summed E-state index contributed by atoms with van der Waals surface area (Å²) in [6, 6.07) is 3.52. The Kier molecular flexibility index (Phi) is 2.71. The minimum Gasteiger partial charge on any atom is -0.507 e. The number of amides is 1. The Hall–Kier alpha value is -2.04. The van der Waals surface area contributed by atoms with Gasteiger partial charge in [-0.3, -0.25) is 4.79 Å². The van der Waals surface area contributed by atoms with E-state index < -0.39 is 11.9 Å². The van der Waals surface area contributed by atoms with Crippen molar-refractivity contribution >= 4 is 11.9 Å². The van der Waals surface area contributed by atoms with Crippen LogP contribution in [0.2, 0.25) is 0 Å². The highest BCUT2D eigenvalue weighted by atomic mass is 16.4. The molecule has 74 valence electrons. The third-order valence-corrected chi connectivity index (χ3v) is 1.72. The second-order valence-corrected chi connectivity index (χ2v) is 2.62. The van der Waals surface area contributed by atoms with Gasteiger partial charge in [-0.05, 0) is 18.2 Å². The van der Waals surface area contributed by atoms with Gasteiger partial charge in [-0.15, -0.1) is 0 Å². The van der Waals surface area contributed by atoms with E-state index in [-0.39, 0.29) is 16.9 Å². The molecule has 0 saturated heterocycles. The summed E-state index contributed by atoms with van der Waals surface area (Å²) >= 11 is 0. The highest BCUT2D eigenvalue weighted by Gasteiger charge is 2.12. The van der Waals surface area contributed by atoms with Crippen molar-refractivity contribution in [3.8, 4) is 5.75 Å².